The summed E-state index contributed by atoms with van der Waals surface area (Å²) in [6.45, 7) is 30.5. The van der Waals surface area contributed by atoms with Gasteiger partial charge in [0.25, 0.3) is 0 Å². The maximum Gasteiger partial charge on any atom is 0.331 e. The quantitative estimate of drug-likeness (QED) is 0.0138. The van der Waals surface area contributed by atoms with Crippen molar-refractivity contribution >= 4 is 117 Å². The number of esters is 4. The summed E-state index contributed by atoms with van der Waals surface area (Å²) in [5.74, 6) is -1.13. The lowest BCUT2D eigenvalue weighted by Crippen LogP contribution is -2.49. The monoisotopic (exact) mass is 1970 g/mol. The molecule has 0 bridgehead atoms. The average molecular weight is 1970 g/mol. The van der Waals surface area contributed by atoms with Gasteiger partial charge in [0, 0.05) is 158 Å². The highest BCUT2D eigenvalue weighted by Gasteiger charge is 2.32. The van der Waals surface area contributed by atoms with E-state index in [1.807, 2.05) is 118 Å². The average Bonchev–Trinajstić information content (AvgIpc) is 1.51. The third kappa shape index (κ3) is 40.6. The zero-order valence-corrected chi connectivity index (χ0v) is 84.3. The highest BCUT2D eigenvalue weighted by Crippen LogP contribution is 2.26. The first-order valence-corrected chi connectivity index (χ1v) is 49.5. The fourth-order valence-corrected chi connectivity index (χ4v) is 16.9. The number of cyclic esters (lactones) is 1. The van der Waals surface area contributed by atoms with Crippen LogP contribution in [0.2, 0.25) is 0 Å². The molecule has 0 saturated carbocycles. The van der Waals surface area contributed by atoms with Gasteiger partial charge in [0.05, 0.1) is 126 Å². The topological polar surface area (TPSA) is 423 Å². The van der Waals surface area contributed by atoms with E-state index in [2.05, 4.69) is 131 Å². The minimum atomic E-state index is -1.02. The Labute approximate surface area is 811 Å². The van der Waals surface area contributed by atoms with E-state index in [1.54, 1.807) is 96.8 Å². The van der Waals surface area contributed by atoms with Crippen molar-refractivity contribution in [3.05, 3.63) is 188 Å². The van der Waals surface area contributed by atoms with E-state index in [1.165, 1.54) is 26.7 Å². The second kappa shape index (κ2) is 59.3. The van der Waals surface area contributed by atoms with Gasteiger partial charge in [0.15, 0.2) is 6.04 Å². The Balaban J connectivity index is 0.000000232. The number of carboxylic acids is 1. The third-order valence-corrected chi connectivity index (χ3v) is 26.7. The Morgan fingerprint density at radius 1 is 0.415 bits per heavy atom. The number of benzene rings is 3. The van der Waals surface area contributed by atoms with Gasteiger partial charge in [-0.25, -0.2) is 72.9 Å². The Hall–Kier alpha value is -10.7. The minimum absolute atomic E-state index is 0.0292. The molecular weight excluding hydrogens is 1830 g/mol. The molecule has 10 amide bonds. The highest BCUT2D eigenvalue weighted by atomic mass is 32.1. The molecular formula is C94H135N17O19S5. The van der Waals surface area contributed by atoms with Crippen molar-refractivity contribution < 1.29 is 91.3 Å². The Morgan fingerprint density at radius 2 is 0.696 bits per heavy atom. The highest BCUT2D eigenvalue weighted by molar-refractivity contribution is 7.10. The molecule has 740 valence electrons. The fraction of sp³-hybridized carbons (Fsp3) is 0.543. The molecule has 3 saturated heterocycles. The zero-order valence-electron chi connectivity index (χ0n) is 80.2. The van der Waals surface area contributed by atoms with Gasteiger partial charge < -0.3 is 94.5 Å². The number of morpholine rings is 2. The summed E-state index contributed by atoms with van der Waals surface area (Å²) in [5.41, 5.74) is 6.79. The summed E-state index contributed by atoms with van der Waals surface area (Å²) in [6, 6.07) is 22.4. The molecule has 11 rings (SSSR count). The van der Waals surface area contributed by atoms with Gasteiger partial charge in [-0.3, -0.25) is 9.80 Å². The van der Waals surface area contributed by atoms with Crippen LogP contribution in [0.1, 0.15) is 195 Å². The number of thiazole rings is 5. The number of ether oxygens (including phenoxy) is 7. The number of aliphatic hydroxyl groups excluding tert-OH is 1. The molecule has 3 aromatic carbocycles. The van der Waals surface area contributed by atoms with Crippen molar-refractivity contribution in [3.63, 3.8) is 0 Å². The third-order valence-electron chi connectivity index (χ3n) is 20.7. The lowest BCUT2D eigenvalue weighted by Gasteiger charge is -2.28. The van der Waals surface area contributed by atoms with Crippen molar-refractivity contribution in [2.45, 2.75) is 207 Å². The van der Waals surface area contributed by atoms with Crippen molar-refractivity contribution in [2.75, 3.05) is 128 Å². The van der Waals surface area contributed by atoms with Crippen LogP contribution in [0.25, 0.3) is 0 Å². The van der Waals surface area contributed by atoms with E-state index in [0.717, 1.165) is 96.4 Å². The molecule has 36 nitrogen and oxygen atoms in total. The summed E-state index contributed by atoms with van der Waals surface area (Å²) in [6.07, 6.45) is 1.46. The number of urea groups is 5. The summed E-state index contributed by atoms with van der Waals surface area (Å²) in [4.78, 5) is 157. The minimum Gasteiger partial charge on any atom is -0.480 e. The van der Waals surface area contributed by atoms with E-state index in [4.69, 9.17) is 33.2 Å². The van der Waals surface area contributed by atoms with Crippen molar-refractivity contribution in [2.24, 2.45) is 0 Å². The first-order valence-electron chi connectivity index (χ1n) is 45.1. The smallest absolute Gasteiger partial charge is 0.331 e. The molecule has 0 radical (unpaired) electrons. The van der Waals surface area contributed by atoms with Gasteiger partial charge in [-0.05, 0) is 29.5 Å². The van der Waals surface area contributed by atoms with Gasteiger partial charge in [0.1, 0.15) is 44.0 Å². The molecule has 3 aliphatic rings. The summed E-state index contributed by atoms with van der Waals surface area (Å²) < 4.78 is 36.7. The van der Waals surface area contributed by atoms with E-state index < -0.39 is 72.2 Å². The molecule has 0 spiro atoms. The Bertz CT molecular complexity index is 4760. The van der Waals surface area contributed by atoms with Crippen molar-refractivity contribution in [3.8, 4) is 0 Å². The van der Waals surface area contributed by atoms with E-state index in [-0.39, 0.29) is 57.5 Å². The number of carboxylic acid groups (broad SMARTS) is 1. The van der Waals surface area contributed by atoms with Crippen LogP contribution in [0, 0.1) is 0 Å². The number of methoxy groups -OCH3 is 1. The molecule has 8 heterocycles. The molecule has 7 N–H and O–H groups in total. The predicted molar refractivity (Wildman–Crippen MR) is 519 cm³/mol. The molecule has 135 heavy (non-hydrogen) atoms. The van der Waals surface area contributed by atoms with Crippen LogP contribution in [-0.4, -0.2) is 288 Å². The molecule has 5 atom stereocenters. The van der Waals surface area contributed by atoms with Crippen LogP contribution in [0.3, 0.4) is 0 Å². The number of amides is 10. The number of aliphatic carboxylic acids is 1. The number of nitrogens with one attached hydrogen (secondary N) is 5. The summed E-state index contributed by atoms with van der Waals surface area (Å²) in [5, 5.41) is 47.0. The molecule has 41 heteroatoms. The largest absolute Gasteiger partial charge is 0.480 e. The number of aliphatic hydroxyl groups is 1. The molecule has 0 unspecified atom stereocenters. The van der Waals surface area contributed by atoms with E-state index in [9.17, 15) is 58.2 Å². The number of nitrogens with zero attached hydrogens (tertiary/aromatic N) is 12. The number of carbonyl (C=O) groups is 10. The fourth-order valence-electron chi connectivity index (χ4n) is 12.8. The first-order chi connectivity index (χ1) is 64.6. The Morgan fingerprint density at radius 3 is 0.970 bits per heavy atom. The number of hydrogen-bond donors (Lipinski definition) is 7. The van der Waals surface area contributed by atoms with Gasteiger partial charge in [-0.2, -0.15) is 0 Å². The summed E-state index contributed by atoms with van der Waals surface area (Å²) in [7, 11) is 9.79. The summed E-state index contributed by atoms with van der Waals surface area (Å²) >= 11 is 7.92. The predicted octanol–water partition coefficient (Wildman–Crippen LogP) is 12.6. The van der Waals surface area contributed by atoms with Gasteiger partial charge in [-0.15, -0.1) is 56.7 Å². The maximum atomic E-state index is 12.9. The lowest BCUT2D eigenvalue weighted by atomic mass is 10.2. The second-order valence-corrected chi connectivity index (χ2v) is 38.4. The number of aromatic nitrogens is 5. The van der Waals surface area contributed by atoms with Crippen LogP contribution in [-0.2, 0) is 110 Å². The second-order valence-electron chi connectivity index (χ2n) is 34.0. The van der Waals surface area contributed by atoms with Crippen LogP contribution in [0.4, 0.5) is 24.0 Å². The molecule has 3 fully saturated rings. The molecule has 3 aliphatic heterocycles. The number of hydrogen-bond acceptors (Lipinski definition) is 30. The molecule has 8 aromatic rings. The first kappa shape index (κ1) is 111. The standard InChI is InChI=1S/C24H34N4O4S.2C20H27N3O4S.C17H28N4O4S.C13H19N3O3S/c1-18(2)22-25-20(17-33-22)15-27(3)24(30)26-21(9-10-28-11-13-31-14-12-28)23(29)32-16-19-7-5-4-6-8-19;1-14(2)18-21-16(13-28-18)10-23(3)20(25)22-17(12-26-4)19(24)27-11-15-8-6-5-7-9-15;1-14(2)18-21-16(13-28-18)11-23(3)20(26)22-17(9-10-24)19(25)27-12-15-7-5-4-6-8-15;1-12(2)15-18-13(11-26-15)10-20(3)17(24)19-14(16(22)23)4-5-21-6-8-25-9-7-21;1-8(2)11-14-9(7-20-11)6-16(3)13(18)15-10-4-5-19-12(10)17/h4-8,17-18,21H,9-16H2,1-3H3,(H,26,30);5-9,13-14,17H,10-12H2,1-4H3,(H,22,25);4-8,13-14,17,24H,9-12H2,1-3H3,(H,22,26);11-12,14H,4-10H2,1-3H3,(H,19,24)(H,22,23);7-8,10H,4-6H2,1-3H3,(H,15,18)/t21-;2*17-;14-;10-/m00000/s1. The Kier molecular flexibility index (Phi) is 48.9. The maximum absolute atomic E-state index is 12.9. The van der Waals surface area contributed by atoms with Gasteiger partial charge in [0.2, 0.25) is 0 Å². The molecule has 5 aromatic heterocycles. The van der Waals surface area contributed by atoms with Crippen LogP contribution in [0.15, 0.2) is 118 Å². The number of rotatable bonds is 40. The van der Waals surface area contributed by atoms with Crippen LogP contribution < -0.4 is 26.6 Å². The normalized spacial score (nSPS) is 14.5. The van der Waals surface area contributed by atoms with Crippen molar-refractivity contribution in [1.82, 2.24) is 85.8 Å². The van der Waals surface area contributed by atoms with Crippen LogP contribution in [0.5, 0.6) is 0 Å². The van der Waals surface area contributed by atoms with Crippen LogP contribution >= 0.6 is 56.7 Å². The van der Waals surface area contributed by atoms with Gasteiger partial charge >= 0.3 is 60.0 Å². The van der Waals surface area contributed by atoms with Gasteiger partial charge in [-0.1, -0.05) is 160 Å². The van der Waals surface area contributed by atoms with E-state index >= 15 is 0 Å². The number of carbonyl (C=O) groups excluding carboxylic acids is 9. The lowest BCUT2D eigenvalue weighted by molar-refractivity contribution is -0.149. The van der Waals surface area contributed by atoms with Crippen molar-refractivity contribution in [1.29, 1.82) is 0 Å². The molecule has 0 aliphatic carbocycles. The zero-order chi connectivity index (χ0) is 98.5. The van der Waals surface area contributed by atoms with E-state index in [0.29, 0.717) is 128 Å². The SMILES string of the molecule is CC(C)c1nc(CN(C)C(=O)N[C@@H](CCN2CCOCC2)C(=O)O)cs1.CC(C)c1nc(CN(C)C(=O)N[C@@H](CCN2CCOCC2)C(=O)OCc2ccccc2)cs1.CC(C)c1nc(CN(C)C(=O)N[C@@H](CCO)C(=O)OCc2ccccc2)cs1.CC(C)c1nc(CN(C)C(=O)N[C@H]2CCOC2=O)cs1.COC[C@H](NC(=O)N(C)Cc1csc(C(C)C)n1)C(=O)OCc1ccccc1.